The van der Waals surface area contributed by atoms with Gasteiger partial charge in [0.2, 0.25) is 10.0 Å². The molecule has 3 N–H and O–H groups in total. The Balaban J connectivity index is 2.68. The predicted octanol–water partition coefficient (Wildman–Crippen LogP) is 0.403. The smallest absolute Gasteiger partial charge is 0.243 e. The number of nitrogens with zero attached hydrogens (tertiary/aromatic N) is 1. The maximum absolute atomic E-state index is 13.7. The van der Waals surface area contributed by atoms with Crippen LogP contribution >= 0.6 is 0 Å². The van der Waals surface area contributed by atoms with Gasteiger partial charge in [-0.05, 0) is 19.2 Å². The van der Waals surface area contributed by atoms with Crippen LogP contribution in [0.3, 0.4) is 0 Å². The van der Waals surface area contributed by atoms with Crippen LogP contribution in [0.25, 0.3) is 0 Å². The van der Waals surface area contributed by atoms with E-state index in [9.17, 15) is 17.2 Å². The third kappa shape index (κ3) is 4.88. The van der Waals surface area contributed by atoms with Crippen molar-refractivity contribution in [3.8, 4) is 0 Å². The zero-order valence-electron chi connectivity index (χ0n) is 11.9. The zero-order chi connectivity index (χ0) is 16.0. The molecule has 0 saturated heterocycles. The van der Waals surface area contributed by atoms with E-state index in [0.717, 1.165) is 12.1 Å². The molecule has 6 nitrogen and oxygen atoms in total. The van der Waals surface area contributed by atoms with Crippen LogP contribution in [-0.2, 0) is 14.8 Å². The molecule has 0 spiro atoms. The van der Waals surface area contributed by atoms with E-state index in [-0.39, 0.29) is 6.54 Å². The molecule has 0 aliphatic rings. The van der Waals surface area contributed by atoms with E-state index in [2.05, 4.69) is 4.72 Å². The maximum atomic E-state index is 13.7. The minimum atomic E-state index is -4.08. The van der Waals surface area contributed by atoms with Gasteiger partial charge in [-0.1, -0.05) is 0 Å². The number of halogens is 2. The number of anilines is 1. The van der Waals surface area contributed by atoms with Crippen molar-refractivity contribution in [2.45, 2.75) is 4.90 Å². The number of nitrogens with one attached hydrogen (secondary N) is 1. The quantitative estimate of drug-likeness (QED) is 0.677. The summed E-state index contributed by atoms with van der Waals surface area (Å²) in [5.74, 6) is -2.28. The molecule has 1 aromatic rings. The van der Waals surface area contributed by atoms with E-state index >= 15 is 0 Å². The van der Waals surface area contributed by atoms with Gasteiger partial charge in [0.25, 0.3) is 0 Å². The highest BCUT2D eigenvalue weighted by Gasteiger charge is 2.22. The third-order valence-corrected chi connectivity index (χ3v) is 4.32. The number of likely N-dealkylation sites (N-methyl/N-ethyl adjacent to an activating group) is 1. The van der Waals surface area contributed by atoms with Crippen molar-refractivity contribution < 1.29 is 21.9 Å². The predicted molar refractivity (Wildman–Crippen MR) is 75.3 cm³/mol. The van der Waals surface area contributed by atoms with Gasteiger partial charge in [0.1, 0.15) is 16.4 Å². The van der Waals surface area contributed by atoms with Crippen LogP contribution in [0.15, 0.2) is 17.0 Å². The number of hydrogen-bond acceptors (Lipinski definition) is 5. The van der Waals surface area contributed by atoms with Crippen molar-refractivity contribution in [1.29, 1.82) is 0 Å². The molecule has 0 fully saturated rings. The summed E-state index contributed by atoms with van der Waals surface area (Å²) < 4.78 is 57.7. The molecular formula is C12H19F2N3O3S. The molecule has 0 saturated carbocycles. The summed E-state index contributed by atoms with van der Waals surface area (Å²) in [7, 11) is -0.713. The molecule has 0 aliphatic carbocycles. The average Bonchev–Trinajstić information content (AvgIpc) is 2.42. The zero-order valence-corrected chi connectivity index (χ0v) is 12.7. The van der Waals surface area contributed by atoms with Gasteiger partial charge in [-0.15, -0.1) is 0 Å². The Morgan fingerprint density at radius 2 is 2.00 bits per heavy atom. The summed E-state index contributed by atoms with van der Waals surface area (Å²) in [4.78, 5) is 1.18. The van der Waals surface area contributed by atoms with E-state index < -0.39 is 32.2 Å². The lowest BCUT2D eigenvalue weighted by Gasteiger charge is -2.16. The van der Waals surface area contributed by atoms with Crippen LogP contribution < -0.4 is 10.5 Å². The highest BCUT2D eigenvalue weighted by Crippen LogP contribution is 2.22. The summed E-state index contributed by atoms with van der Waals surface area (Å²) in [6.45, 7) is 1.66. The molecule has 0 aromatic heterocycles. The lowest BCUT2D eigenvalue weighted by Crippen LogP contribution is -2.34. The summed E-state index contributed by atoms with van der Waals surface area (Å²) in [5, 5.41) is 0. The van der Waals surface area contributed by atoms with Crippen molar-refractivity contribution in [1.82, 2.24) is 9.62 Å². The number of hydrogen-bond donors (Lipinski definition) is 2. The van der Waals surface area contributed by atoms with Crippen LogP contribution in [-0.4, -0.2) is 53.7 Å². The standard InChI is InChI=1S/C12H19F2N3O3S/c1-17(7-8-20-2)6-5-16-21(18,19)10-4-3-9(13)12(15)11(10)14/h3-4,16H,5-8,15H2,1-2H3. The molecule has 9 heteroatoms. The van der Waals surface area contributed by atoms with Crippen LogP contribution in [0, 0.1) is 11.6 Å². The molecular weight excluding hydrogens is 304 g/mol. The van der Waals surface area contributed by atoms with Gasteiger partial charge in [0, 0.05) is 26.7 Å². The number of nitrogens with two attached hydrogens (primary N) is 1. The van der Waals surface area contributed by atoms with Gasteiger partial charge in [-0.2, -0.15) is 0 Å². The Morgan fingerprint density at radius 3 is 2.62 bits per heavy atom. The van der Waals surface area contributed by atoms with Crippen LogP contribution in [0.4, 0.5) is 14.5 Å². The number of sulfonamides is 1. The molecule has 1 aromatic carbocycles. The molecule has 0 atom stereocenters. The maximum Gasteiger partial charge on any atom is 0.243 e. The highest BCUT2D eigenvalue weighted by molar-refractivity contribution is 7.89. The topological polar surface area (TPSA) is 84.7 Å². The lowest BCUT2D eigenvalue weighted by molar-refractivity contribution is 0.162. The molecule has 0 aliphatic heterocycles. The first-order valence-electron chi connectivity index (χ1n) is 6.20. The fraction of sp³-hybridized carbons (Fsp3) is 0.500. The second kappa shape index (κ2) is 7.64. The van der Waals surface area contributed by atoms with Gasteiger partial charge in [-0.25, -0.2) is 21.9 Å². The average molecular weight is 323 g/mol. The van der Waals surface area contributed by atoms with Crippen molar-refractivity contribution in [3.63, 3.8) is 0 Å². The van der Waals surface area contributed by atoms with Gasteiger partial charge in [0.15, 0.2) is 5.82 Å². The van der Waals surface area contributed by atoms with Gasteiger partial charge < -0.3 is 15.4 Å². The van der Waals surface area contributed by atoms with Crippen molar-refractivity contribution in [2.24, 2.45) is 0 Å². The molecule has 1 rings (SSSR count). The molecule has 21 heavy (non-hydrogen) atoms. The lowest BCUT2D eigenvalue weighted by atomic mass is 10.3. The SMILES string of the molecule is COCCN(C)CCNS(=O)(=O)c1ccc(F)c(N)c1F. The Kier molecular flexibility index (Phi) is 6.46. The number of methoxy groups -OCH3 is 1. The molecule has 0 radical (unpaired) electrons. The molecule has 0 bridgehead atoms. The van der Waals surface area contributed by atoms with Gasteiger partial charge >= 0.3 is 0 Å². The second-order valence-electron chi connectivity index (χ2n) is 4.47. The third-order valence-electron chi connectivity index (χ3n) is 2.84. The Morgan fingerprint density at radius 1 is 1.33 bits per heavy atom. The van der Waals surface area contributed by atoms with Crippen LogP contribution in [0.2, 0.25) is 0 Å². The molecule has 0 unspecified atom stereocenters. The second-order valence-corrected chi connectivity index (χ2v) is 6.20. The first kappa shape index (κ1) is 17.8. The minimum absolute atomic E-state index is 0.0826. The number of ether oxygens (including phenoxy) is 1. The Labute approximate surface area is 122 Å². The number of rotatable bonds is 8. The largest absolute Gasteiger partial charge is 0.394 e. The summed E-state index contributed by atoms with van der Waals surface area (Å²) in [6.07, 6.45) is 0. The first-order valence-corrected chi connectivity index (χ1v) is 7.68. The van der Waals surface area contributed by atoms with E-state index in [1.807, 2.05) is 4.90 Å². The van der Waals surface area contributed by atoms with E-state index in [1.54, 1.807) is 14.2 Å². The summed E-state index contributed by atoms with van der Waals surface area (Å²) in [5.41, 5.74) is 4.34. The van der Waals surface area contributed by atoms with E-state index in [1.165, 1.54) is 0 Å². The fourth-order valence-corrected chi connectivity index (χ4v) is 2.67. The summed E-state index contributed by atoms with van der Waals surface area (Å²) in [6, 6.07) is 1.66. The Hall–Kier alpha value is -1.29. The molecule has 0 amide bonds. The van der Waals surface area contributed by atoms with Gasteiger partial charge in [0.05, 0.1) is 6.61 Å². The van der Waals surface area contributed by atoms with E-state index in [4.69, 9.17) is 10.5 Å². The van der Waals surface area contributed by atoms with Crippen LogP contribution in [0.1, 0.15) is 0 Å². The Bertz CT molecular complexity index is 581. The van der Waals surface area contributed by atoms with Crippen molar-refractivity contribution in [3.05, 3.63) is 23.8 Å². The van der Waals surface area contributed by atoms with Crippen molar-refractivity contribution >= 4 is 15.7 Å². The van der Waals surface area contributed by atoms with Crippen molar-refractivity contribution in [2.75, 3.05) is 46.1 Å². The first-order chi connectivity index (χ1) is 9.79. The monoisotopic (exact) mass is 323 g/mol. The minimum Gasteiger partial charge on any atom is -0.394 e. The number of nitrogen functional groups attached to an aromatic ring is 1. The highest BCUT2D eigenvalue weighted by atomic mass is 32.2. The van der Waals surface area contributed by atoms with E-state index in [0.29, 0.717) is 19.7 Å². The fourth-order valence-electron chi connectivity index (χ4n) is 1.56. The van der Waals surface area contributed by atoms with Crippen LogP contribution in [0.5, 0.6) is 0 Å². The van der Waals surface area contributed by atoms with Gasteiger partial charge in [-0.3, -0.25) is 0 Å². The number of benzene rings is 1. The normalized spacial score (nSPS) is 12.0. The summed E-state index contributed by atoms with van der Waals surface area (Å²) >= 11 is 0. The molecule has 0 heterocycles. The molecule has 120 valence electrons.